The van der Waals surface area contributed by atoms with Gasteiger partial charge in [0.05, 0.1) is 5.56 Å². The molecule has 3 nitrogen and oxygen atoms in total. The average Bonchev–Trinajstić information content (AvgIpc) is 2.40. The molecule has 0 spiro atoms. The highest BCUT2D eigenvalue weighted by molar-refractivity contribution is 7.99. The molecule has 7 heteroatoms. The molecule has 0 aliphatic rings. The van der Waals surface area contributed by atoms with Crippen molar-refractivity contribution >= 4 is 11.8 Å². The van der Waals surface area contributed by atoms with E-state index in [1.54, 1.807) is 25.3 Å². The Hall–Kier alpha value is -1.60. The van der Waals surface area contributed by atoms with Crippen molar-refractivity contribution in [3.63, 3.8) is 0 Å². The number of aromatic nitrogens is 2. The van der Waals surface area contributed by atoms with Crippen molar-refractivity contribution in [3.05, 3.63) is 47.9 Å². The number of hydrogen-bond acceptors (Lipinski definition) is 4. The van der Waals surface area contributed by atoms with E-state index < -0.39 is 11.7 Å². The number of nitrogens with zero attached hydrogens (tertiary/aromatic N) is 2. The first kappa shape index (κ1) is 15.8. The molecule has 1 unspecified atom stereocenters. The second kappa shape index (κ2) is 6.44. The molecule has 0 radical (unpaired) electrons. The second-order valence-corrected chi connectivity index (χ2v) is 5.74. The minimum absolute atomic E-state index is 0.188. The smallest absolute Gasteiger partial charge is 0.328 e. The monoisotopic (exact) mass is 313 g/mol. The number of nitrogens with two attached hydrogens (primary N) is 1. The topological polar surface area (TPSA) is 51.8 Å². The van der Waals surface area contributed by atoms with Crippen LogP contribution >= 0.6 is 11.8 Å². The fourth-order valence-corrected chi connectivity index (χ4v) is 2.65. The van der Waals surface area contributed by atoms with Crippen LogP contribution in [-0.2, 0) is 12.6 Å². The predicted molar refractivity (Wildman–Crippen MR) is 75.0 cm³/mol. The lowest BCUT2D eigenvalue weighted by atomic mass is 10.0. The van der Waals surface area contributed by atoms with Crippen LogP contribution in [-0.4, -0.2) is 16.0 Å². The summed E-state index contributed by atoms with van der Waals surface area (Å²) in [6, 6.07) is 5.60. The Morgan fingerprint density at radius 1 is 1.29 bits per heavy atom. The number of benzene rings is 1. The van der Waals surface area contributed by atoms with E-state index in [1.165, 1.54) is 12.4 Å². The molecule has 2 aromatic rings. The highest BCUT2D eigenvalue weighted by Gasteiger charge is 2.33. The highest BCUT2D eigenvalue weighted by atomic mass is 32.2. The number of rotatable bonds is 4. The van der Waals surface area contributed by atoms with Gasteiger partial charge in [0, 0.05) is 17.1 Å². The van der Waals surface area contributed by atoms with E-state index in [1.807, 2.05) is 0 Å². The normalized spacial score (nSPS) is 13.2. The number of hydrogen-bond donors (Lipinski definition) is 1. The van der Waals surface area contributed by atoms with E-state index in [2.05, 4.69) is 9.97 Å². The van der Waals surface area contributed by atoms with Crippen molar-refractivity contribution in [1.82, 2.24) is 9.97 Å². The molecular weight excluding hydrogens is 299 g/mol. The molecule has 0 aliphatic carbocycles. The maximum Gasteiger partial charge on any atom is 0.416 e. The summed E-state index contributed by atoms with van der Waals surface area (Å²) >= 11 is 1.16. The van der Waals surface area contributed by atoms with Gasteiger partial charge in [-0.1, -0.05) is 17.8 Å². The largest absolute Gasteiger partial charge is 0.416 e. The van der Waals surface area contributed by atoms with Crippen molar-refractivity contribution < 1.29 is 13.2 Å². The Balaban J connectivity index is 2.33. The fraction of sp³-hybridized carbons (Fsp3) is 0.286. The third-order valence-electron chi connectivity index (χ3n) is 2.71. The molecule has 1 aromatic carbocycles. The summed E-state index contributed by atoms with van der Waals surface area (Å²) in [6.45, 7) is 1.68. The first-order valence-corrected chi connectivity index (χ1v) is 7.07. The second-order valence-electron chi connectivity index (χ2n) is 4.65. The SMILES string of the molecule is CC(N)Cc1ccc(Sc2ccncn2)cc1C(F)(F)F. The molecule has 1 atom stereocenters. The van der Waals surface area contributed by atoms with Gasteiger partial charge in [0.15, 0.2) is 0 Å². The summed E-state index contributed by atoms with van der Waals surface area (Å²) in [5.41, 5.74) is 5.18. The summed E-state index contributed by atoms with van der Waals surface area (Å²) in [4.78, 5) is 8.24. The molecule has 1 heterocycles. The van der Waals surface area contributed by atoms with Crippen molar-refractivity contribution in [3.8, 4) is 0 Å². The van der Waals surface area contributed by atoms with Gasteiger partial charge in [-0.15, -0.1) is 0 Å². The van der Waals surface area contributed by atoms with Gasteiger partial charge in [-0.2, -0.15) is 13.2 Å². The summed E-state index contributed by atoms with van der Waals surface area (Å²) in [5.74, 6) is 0. The molecule has 2 rings (SSSR count). The van der Waals surface area contributed by atoms with Gasteiger partial charge < -0.3 is 5.73 Å². The molecular formula is C14H14F3N3S. The molecule has 0 bridgehead atoms. The molecule has 21 heavy (non-hydrogen) atoms. The van der Waals surface area contributed by atoms with E-state index in [9.17, 15) is 13.2 Å². The molecule has 1 aromatic heterocycles. The number of halogens is 3. The third-order valence-corrected chi connectivity index (χ3v) is 3.65. The Morgan fingerprint density at radius 3 is 2.62 bits per heavy atom. The average molecular weight is 313 g/mol. The Kier molecular flexibility index (Phi) is 4.84. The van der Waals surface area contributed by atoms with Gasteiger partial charge >= 0.3 is 6.18 Å². The molecule has 2 N–H and O–H groups in total. The van der Waals surface area contributed by atoms with E-state index >= 15 is 0 Å². The zero-order valence-electron chi connectivity index (χ0n) is 11.3. The number of alkyl halides is 3. The van der Waals surface area contributed by atoms with Crippen LogP contribution in [0.1, 0.15) is 18.1 Å². The van der Waals surface area contributed by atoms with E-state index in [0.717, 1.165) is 17.8 Å². The van der Waals surface area contributed by atoms with Crippen LogP contribution in [0, 0.1) is 0 Å². The van der Waals surface area contributed by atoms with Gasteiger partial charge in [-0.25, -0.2) is 9.97 Å². The van der Waals surface area contributed by atoms with Crippen molar-refractivity contribution in [2.24, 2.45) is 5.73 Å². The first-order valence-electron chi connectivity index (χ1n) is 6.26. The van der Waals surface area contributed by atoms with Gasteiger partial charge in [-0.3, -0.25) is 0 Å². The summed E-state index contributed by atoms with van der Waals surface area (Å²) in [6.07, 6.45) is -1.30. The molecule has 0 amide bonds. The Labute approximate surface area is 124 Å². The first-order chi connectivity index (χ1) is 9.86. The quantitative estimate of drug-likeness (QED) is 0.877. The van der Waals surface area contributed by atoms with Crippen LogP contribution in [0.15, 0.2) is 46.7 Å². The minimum Gasteiger partial charge on any atom is -0.328 e. The zero-order chi connectivity index (χ0) is 15.5. The lowest BCUT2D eigenvalue weighted by Crippen LogP contribution is -2.20. The van der Waals surface area contributed by atoms with Crippen LogP contribution in [0.25, 0.3) is 0 Å². The van der Waals surface area contributed by atoms with Crippen LogP contribution < -0.4 is 5.73 Å². The van der Waals surface area contributed by atoms with E-state index in [-0.39, 0.29) is 18.0 Å². The maximum absolute atomic E-state index is 13.1. The van der Waals surface area contributed by atoms with Crippen LogP contribution in [0.4, 0.5) is 13.2 Å². The van der Waals surface area contributed by atoms with Gasteiger partial charge in [0.25, 0.3) is 0 Å². The van der Waals surface area contributed by atoms with Crippen molar-refractivity contribution in [2.75, 3.05) is 0 Å². The summed E-state index contributed by atoms with van der Waals surface area (Å²) < 4.78 is 39.4. The Bertz CT molecular complexity index is 600. The van der Waals surface area contributed by atoms with Crippen LogP contribution in [0.2, 0.25) is 0 Å². The van der Waals surface area contributed by atoms with E-state index in [4.69, 9.17) is 5.73 Å². The predicted octanol–water partition coefficient (Wildman–Crippen LogP) is 3.54. The third kappa shape index (κ3) is 4.44. The van der Waals surface area contributed by atoms with Gasteiger partial charge in [0.1, 0.15) is 11.4 Å². The van der Waals surface area contributed by atoms with Crippen LogP contribution in [0.5, 0.6) is 0 Å². The lowest BCUT2D eigenvalue weighted by molar-refractivity contribution is -0.138. The maximum atomic E-state index is 13.1. The minimum atomic E-state index is -4.40. The molecule has 112 valence electrons. The summed E-state index contributed by atoms with van der Waals surface area (Å²) in [7, 11) is 0. The Morgan fingerprint density at radius 2 is 2.05 bits per heavy atom. The van der Waals surface area contributed by atoms with Crippen LogP contribution in [0.3, 0.4) is 0 Å². The molecule has 0 fully saturated rings. The van der Waals surface area contributed by atoms with Gasteiger partial charge in [-0.05, 0) is 37.1 Å². The standard InChI is InChI=1S/C14H14F3N3S/c1-9(18)6-10-2-3-11(7-12(10)14(15,16)17)21-13-4-5-19-8-20-13/h2-5,7-9H,6,18H2,1H3. The van der Waals surface area contributed by atoms with Crippen molar-refractivity contribution in [2.45, 2.75) is 35.5 Å². The lowest BCUT2D eigenvalue weighted by Gasteiger charge is -2.15. The zero-order valence-corrected chi connectivity index (χ0v) is 12.1. The molecule has 0 aliphatic heterocycles. The fourth-order valence-electron chi connectivity index (χ4n) is 1.87. The highest BCUT2D eigenvalue weighted by Crippen LogP contribution is 2.36. The molecule has 0 saturated carbocycles. The van der Waals surface area contributed by atoms with Crippen molar-refractivity contribution in [1.29, 1.82) is 0 Å². The van der Waals surface area contributed by atoms with Gasteiger partial charge in [0.2, 0.25) is 0 Å². The van der Waals surface area contributed by atoms with E-state index in [0.29, 0.717) is 9.92 Å². The summed E-state index contributed by atoms with van der Waals surface area (Å²) in [5, 5.41) is 0.595. The molecule has 0 saturated heterocycles.